The van der Waals surface area contributed by atoms with E-state index < -0.39 is 17.7 Å². The molecule has 1 N–H and O–H groups in total. The number of halogens is 1. The largest absolute Gasteiger partial charge is 0.507 e. The van der Waals surface area contributed by atoms with Crippen LogP contribution < -0.4 is 14.4 Å². The van der Waals surface area contributed by atoms with Crippen LogP contribution in [0.15, 0.2) is 72.3 Å². The molecule has 0 aliphatic carbocycles. The van der Waals surface area contributed by atoms with Crippen molar-refractivity contribution in [3.05, 3.63) is 88.5 Å². The van der Waals surface area contributed by atoms with Crippen molar-refractivity contribution in [2.75, 3.05) is 18.6 Å². The average Bonchev–Trinajstić information content (AvgIpc) is 3.45. The normalized spacial score (nSPS) is 16.9. The quantitative estimate of drug-likeness (QED) is 0.168. The van der Waals surface area contributed by atoms with Crippen LogP contribution in [0.5, 0.6) is 11.5 Å². The number of ether oxygens (including phenoxy) is 2. The van der Waals surface area contributed by atoms with Gasteiger partial charge in [0, 0.05) is 10.6 Å². The fourth-order valence-corrected chi connectivity index (χ4v) is 5.37. The standard InChI is InChI=1S/C28H23ClN2O5S/c1-3-13-36-20-6-4-5-17(14-20)25(32)23-24(16-7-9-18(29)10-8-16)31(27(34)26(23)33)28-30-21-12-11-19(35-2)15-22(21)37-28/h4-12,14-15,24,32H,3,13H2,1-2H3/b25-23+. The van der Waals surface area contributed by atoms with E-state index in [1.807, 2.05) is 13.0 Å². The number of Topliss-reactive ketones (excluding diaryl/α,β-unsaturated/α-hetero) is 1. The molecule has 1 aliphatic heterocycles. The van der Waals surface area contributed by atoms with E-state index >= 15 is 0 Å². The van der Waals surface area contributed by atoms with Crippen molar-refractivity contribution in [1.82, 2.24) is 4.98 Å². The number of methoxy groups -OCH3 is 1. The van der Waals surface area contributed by atoms with Crippen molar-refractivity contribution >= 4 is 55.7 Å². The van der Waals surface area contributed by atoms with Crippen LogP contribution in [-0.2, 0) is 9.59 Å². The summed E-state index contributed by atoms with van der Waals surface area (Å²) in [5.74, 6) is -0.641. The first-order chi connectivity index (χ1) is 17.9. The lowest BCUT2D eigenvalue weighted by Crippen LogP contribution is -2.29. The van der Waals surface area contributed by atoms with Crippen molar-refractivity contribution in [1.29, 1.82) is 0 Å². The van der Waals surface area contributed by atoms with E-state index in [2.05, 4.69) is 4.98 Å². The van der Waals surface area contributed by atoms with E-state index in [1.165, 1.54) is 16.2 Å². The molecular weight excluding hydrogens is 512 g/mol. The summed E-state index contributed by atoms with van der Waals surface area (Å²) in [6.45, 7) is 2.51. The predicted molar refractivity (Wildman–Crippen MR) is 145 cm³/mol. The number of aromatic nitrogens is 1. The predicted octanol–water partition coefficient (Wildman–Crippen LogP) is 6.37. The van der Waals surface area contributed by atoms with Gasteiger partial charge in [0.15, 0.2) is 5.13 Å². The number of benzene rings is 3. The summed E-state index contributed by atoms with van der Waals surface area (Å²) in [7, 11) is 1.57. The molecule has 1 aliphatic rings. The Labute approximate surface area is 222 Å². The van der Waals surface area contributed by atoms with Gasteiger partial charge in [0.25, 0.3) is 5.78 Å². The van der Waals surface area contributed by atoms with Crippen LogP contribution in [0, 0.1) is 0 Å². The molecule has 188 valence electrons. The molecule has 1 amide bonds. The zero-order valence-electron chi connectivity index (χ0n) is 20.1. The van der Waals surface area contributed by atoms with E-state index in [-0.39, 0.29) is 11.3 Å². The van der Waals surface area contributed by atoms with Gasteiger partial charge in [-0.1, -0.05) is 54.1 Å². The maximum atomic E-state index is 13.4. The summed E-state index contributed by atoms with van der Waals surface area (Å²) in [5.41, 5.74) is 1.62. The summed E-state index contributed by atoms with van der Waals surface area (Å²) in [6, 6.07) is 18.2. The van der Waals surface area contributed by atoms with E-state index in [0.717, 1.165) is 11.1 Å². The highest BCUT2D eigenvalue weighted by Gasteiger charge is 2.48. The molecule has 1 fully saturated rings. The number of rotatable bonds is 7. The topological polar surface area (TPSA) is 89.0 Å². The smallest absolute Gasteiger partial charge is 0.301 e. The molecule has 7 nitrogen and oxygen atoms in total. The van der Waals surface area contributed by atoms with E-state index in [9.17, 15) is 14.7 Å². The first kappa shape index (κ1) is 24.8. The second-order valence-electron chi connectivity index (χ2n) is 8.43. The highest BCUT2D eigenvalue weighted by molar-refractivity contribution is 7.22. The number of amides is 1. The summed E-state index contributed by atoms with van der Waals surface area (Å²) < 4.78 is 11.8. The Morgan fingerprint density at radius 3 is 2.59 bits per heavy atom. The van der Waals surface area contributed by atoms with Crippen molar-refractivity contribution in [2.24, 2.45) is 0 Å². The number of hydrogen-bond donors (Lipinski definition) is 1. The third-order valence-electron chi connectivity index (χ3n) is 6.00. The third-order valence-corrected chi connectivity index (χ3v) is 7.27. The molecule has 5 rings (SSSR count). The Morgan fingerprint density at radius 1 is 1.08 bits per heavy atom. The number of nitrogens with zero attached hydrogens (tertiary/aromatic N) is 2. The number of fused-ring (bicyclic) bond motifs is 1. The average molecular weight is 535 g/mol. The highest BCUT2D eigenvalue weighted by atomic mass is 35.5. The van der Waals surface area contributed by atoms with Crippen LogP contribution in [0.2, 0.25) is 5.02 Å². The maximum Gasteiger partial charge on any atom is 0.301 e. The summed E-state index contributed by atoms with van der Waals surface area (Å²) >= 11 is 7.38. The van der Waals surface area contributed by atoms with E-state index in [1.54, 1.807) is 67.8 Å². The SMILES string of the molecule is CCCOc1cccc(/C(O)=C2\C(=O)C(=O)N(c3nc4ccc(OC)cc4s3)C2c2ccc(Cl)cc2)c1. The first-order valence-corrected chi connectivity index (χ1v) is 12.8. The molecule has 1 unspecified atom stereocenters. The molecule has 3 aromatic carbocycles. The molecule has 1 atom stereocenters. The number of aliphatic hydroxyl groups excluding tert-OH is 1. The number of carbonyl (C=O) groups is 2. The summed E-state index contributed by atoms with van der Waals surface area (Å²) in [6.07, 6.45) is 0.825. The fourth-order valence-electron chi connectivity index (χ4n) is 4.22. The Morgan fingerprint density at radius 2 is 1.86 bits per heavy atom. The van der Waals surface area contributed by atoms with Gasteiger partial charge in [0.2, 0.25) is 0 Å². The van der Waals surface area contributed by atoms with Gasteiger partial charge in [-0.3, -0.25) is 14.5 Å². The number of carbonyl (C=O) groups excluding carboxylic acids is 2. The van der Waals surface area contributed by atoms with Gasteiger partial charge in [-0.25, -0.2) is 4.98 Å². The number of ketones is 1. The molecule has 37 heavy (non-hydrogen) atoms. The van der Waals surface area contributed by atoms with Crippen molar-refractivity contribution < 1.29 is 24.2 Å². The van der Waals surface area contributed by atoms with Gasteiger partial charge in [-0.2, -0.15) is 0 Å². The van der Waals surface area contributed by atoms with Crippen LogP contribution >= 0.6 is 22.9 Å². The third kappa shape index (κ3) is 4.65. The van der Waals surface area contributed by atoms with Crippen LogP contribution in [-0.4, -0.2) is 35.5 Å². The first-order valence-electron chi connectivity index (χ1n) is 11.7. The van der Waals surface area contributed by atoms with Crippen LogP contribution in [0.3, 0.4) is 0 Å². The molecule has 4 aromatic rings. The fraction of sp³-hybridized carbons (Fsp3) is 0.179. The van der Waals surface area contributed by atoms with Gasteiger partial charge in [0.1, 0.15) is 17.3 Å². The van der Waals surface area contributed by atoms with Crippen molar-refractivity contribution in [2.45, 2.75) is 19.4 Å². The van der Waals surface area contributed by atoms with Gasteiger partial charge in [0.05, 0.1) is 35.5 Å². The Kier molecular flexibility index (Phi) is 6.86. The molecule has 1 saturated heterocycles. The number of thiazole rings is 1. The Bertz CT molecular complexity index is 1530. The van der Waals surface area contributed by atoms with E-state index in [4.69, 9.17) is 21.1 Å². The van der Waals surface area contributed by atoms with Gasteiger partial charge >= 0.3 is 5.91 Å². The zero-order valence-corrected chi connectivity index (χ0v) is 21.7. The van der Waals surface area contributed by atoms with Gasteiger partial charge in [-0.15, -0.1) is 0 Å². The Hall–Kier alpha value is -3.88. The summed E-state index contributed by atoms with van der Waals surface area (Å²) in [4.78, 5) is 32.8. The molecule has 0 radical (unpaired) electrons. The highest BCUT2D eigenvalue weighted by Crippen LogP contribution is 2.45. The number of hydrogen-bond acceptors (Lipinski definition) is 7. The monoisotopic (exact) mass is 534 g/mol. The van der Waals surface area contributed by atoms with Crippen molar-refractivity contribution in [3.8, 4) is 11.5 Å². The second kappa shape index (κ2) is 10.2. The molecular formula is C28H23ClN2O5S. The van der Waals surface area contributed by atoms with Crippen LogP contribution in [0.25, 0.3) is 16.0 Å². The van der Waals surface area contributed by atoms with Crippen molar-refractivity contribution in [3.63, 3.8) is 0 Å². The molecule has 1 aromatic heterocycles. The van der Waals surface area contributed by atoms with Crippen LogP contribution in [0.1, 0.15) is 30.5 Å². The maximum absolute atomic E-state index is 13.4. The molecule has 0 spiro atoms. The number of anilines is 1. The van der Waals surface area contributed by atoms with E-state index in [0.29, 0.717) is 44.9 Å². The van der Waals surface area contributed by atoms with Gasteiger partial charge < -0.3 is 14.6 Å². The lowest BCUT2D eigenvalue weighted by Gasteiger charge is -2.23. The lowest BCUT2D eigenvalue weighted by atomic mass is 9.95. The zero-order chi connectivity index (χ0) is 26.1. The minimum atomic E-state index is -0.903. The molecule has 9 heteroatoms. The van der Waals surface area contributed by atoms with Crippen LogP contribution in [0.4, 0.5) is 5.13 Å². The Balaban J connectivity index is 1.67. The molecule has 2 heterocycles. The minimum Gasteiger partial charge on any atom is -0.507 e. The summed E-state index contributed by atoms with van der Waals surface area (Å²) in [5, 5.41) is 12.2. The number of aliphatic hydroxyl groups is 1. The molecule has 0 saturated carbocycles. The second-order valence-corrected chi connectivity index (χ2v) is 9.87. The minimum absolute atomic E-state index is 0.0307. The van der Waals surface area contributed by atoms with Gasteiger partial charge in [-0.05, 0) is 54.4 Å². The molecule has 0 bridgehead atoms. The lowest BCUT2D eigenvalue weighted by molar-refractivity contribution is -0.132.